The molecule has 0 bridgehead atoms. The van der Waals surface area contributed by atoms with Gasteiger partial charge in [-0.2, -0.15) is 0 Å². The Morgan fingerprint density at radius 2 is 1.76 bits per heavy atom. The van der Waals surface area contributed by atoms with Gasteiger partial charge in [-0.25, -0.2) is 9.78 Å². The summed E-state index contributed by atoms with van der Waals surface area (Å²) in [4.78, 5) is 42.9. The average molecular weight is 527 g/mol. The molecule has 0 aliphatic carbocycles. The van der Waals surface area contributed by atoms with E-state index in [1.165, 1.54) is 6.26 Å². The molecule has 1 aromatic heterocycles. The molecule has 1 aromatic carbocycles. The summed E-state index contributed by atoms with van der Waals surface area (Å²) in [5.41, 5.74) is 6.34. The van der Waals surface area contributed by atoms with Gasteiger partial charge in [-0.05, 0) is 58.2 Å². The number of amides is 2. The molecule has 0 fully saturated rings. The van der Waals surface area contributed by atoms with Gasteiger partial charge in [-0.15, -0.1) is 0 Å². The number of benzene rings is 1. The second-order valence-corrected chi connectivity index (χ2v) is 9.22. The summed E-state index contributed by atoms with van der Waals surface area (Å²) < 4.78 is 16.6. The Labute approximate surface area is 224 Å². The van der Waals surface area contributed by atoms with Crippen molar-refractivity contribution in [3.05, 3.63) is 71.5 Å². The zero-order valence-corrected chi connectivity index (χ0v) is 23.0. The minimum absolute atomic E-state index is 0.0106. The van der Waals surface area contributed by atoms with Crippen molar-refractivity contribution in [2.24, 2.45) is 0 Å². The zero-order chi connectivity index (χ0) is 28.1. The molecular formula is C28H38N4O6. The first-order valence-electron chi connectivity index (χ1n) is 12.5. The van der Waals surface area contributed by atoms with Gasteiger partial charge in [0.15, 0.2) is 5.60 Å². The van der Waals surface area contributed by atoms with E-state index in [-0.39, 0.29) is 37.9 Å². The molecule has 0 aliphatic heterocycles. The van der Waals surface area contributed by atoms with E-state index < -0.39 is 11.6 Å². The largest absolute Gasteiger partial charge is 0.476 e. The van der Waals surface area contributed by atoms with E-state index in [2.05, 4.69) is 15.8 Å². The van der Waals surface area contributed by atoms with Crippen LogP contribution < -0.4 is 15.6 Å². The number of rotatable bonds is 13. The average Bonchev–Trinajstić information content (AvgIpc) is 3.36. The lowest BCUT2D eigenvalue weighted by Crippen LogP contribution is -2.46. The number of allylic oxidation sites excluding steroid dienone is 3. The first-order valence-corrected chi connectivity index (χ1v) is 12.5. The summed E-state index contributed by atoms with van der Waals surface area (Å²) >= 11 is 0. The van der Waals surface area contributed by atoms with Gasteiger partial charge in [-0.1, -0.05) is 36.4 Å². The molecule has 0 aliphatic rings. The number of hydrogen-bond acceptors (Lipinski definition) is 8. The molecule has 10 heteroatoms. The highest BCUT2D eigenvalue weighted by Crippen LogP contribution is 2.29. The summed E-state index contributed by atoms with van der Waals surface area (Å²) in [7, 11) is 0. The molecule has 0 unspecified atom stereocenters. The third kappa shape index (κ3) is 9.85. The van der Waals surface area contributed by atoms with Crippen LogP contribution in [0.2, 0.25) is 0 Å². The summed E-state index contributed by atoms with van der Waals surface area (Å²) in [6.45, 7) is 11.7. The van der Waals surface area contributed by atoms with E-state index in [1.54, 1.807) is 39.1 Å². The van der Waals surface area contributed by atoms with Crippen LogP contribution >= 0.6 is 0 Å². The predicted molar refractivity (Wildman–Crippen MR) is 143 cm³/mol. The number of hydrazine groups is 1. The molecule has 1 heterocycles. The van der Waals surface area contributed by atoms with E-state index in [9.17, 15) is 14.4 Å². The zero-order valence-electron chi connectivity index (χ0n) is 23.0. The Kier molecular flexibility index (Phi) is 11.7. The fourth-order valence-electron chi connectivity index (χ4n) is 3.64. The lowest BCUT2D eigenvalue weighted by molar-refractivity contribution is -0.158. The molecular weight excluding hydrogens is 488 g/mol. The summed E-state index contributed by atoms with van der Waals surface area (Å²) in [6.07, 6.45) is 10.3. The number of ether oxygens (including phenoxy) is 2. The molecule has 2 aromatic rings. The molecule has 0 spiro atoms. The molecule has 2 N–H and O–H groups in total. The quantitative estimate of drug-likeness (QED) is 0.230. The Hall–Kier alpha value is -3.92. The monoisotopic (exact) mass is 526 g/mol. The maximum atomic E-state index is 12.6. The Balaban J connectivity index is 2.10. The number of aromatic nitrogens is 1. The molecule has 0 radical (unpaired) electrons. The van der Waals surface area contributed by atoms with E-state index in [4.69, 9.17) is 13.9 Å². The number of nitrogens with zero attached hydrogens (tertiary/aromatic N) is 2. The van der Waals surface area contributed by atoms with Crippen LogP contribution in [-0.2, 0) is 32.2 Å². The molecule has 206 valence electrons. The highest BCUT2D eigenvalue weighted by atomic mass is 16.6. The summed E-state index contributed by atoms with van der Waals surface area (Å²) in [6, 6.07) is 3.89. The predicted octanol–water partition coefficient (Wildman–Crippen LogP) is 3.68. The molecule has 2 amide bonds. The second-order valence-electron chi connectivity index (χ2n) is 9.22. The van der Waals surface area contributed by atoms with Crippen molar-refractivity contribution < 1.29 is 28.3 Å². The van der Waals surface area contributed by atoms with Crippen molar-refractivity contribution in [1.29, 1.82) is 0 Å². The van der Waals surface area contributed by atoms with Gasteiger partial charge in [-0.3, -0.25) is 25.3 Å². The lowest BCUT2D eigenvalue weighted by Gasteiger charge is -2.27. The van der Waals surface area contributed by atoms with E-state index in [0.717, 1.165) is 16.7 Å². The van der Waals surface area contributed by atoms with Crippen molar-refractivity contribution in [1.82, 2.24) is 20.7 Å². The molecule has 0 saturated heterocycles. The van der Waals surface area contributed by atoms with Crippen LogP contribution in [-0.4, -0.2) is 46.4 Å². The van der Waals surface area contributed by atoms with Gasteiger partial charge in [0.1, 0.15) is 12.0 Å². The van der Waals surface area contributed by atoms with Gasteiger partial charge in [0.2, 0.25) is 11.8 Å². The van der Waals surface area contributed by atoms with Crippen molar-refractivity contribution in [3.8, 4) is 5.75 Å². The van der Waals surface area contributed by atoms with E-state index in [0.29, 0.717) is 18.2 Å². The van der Waals surface area contributed by atoms with Crippen LogP contribution in [0.25, 0.3) is 0 Å². The van der Waals surface area contributed by atoms with Gasteiger partial charge in [0.05, 0.1) is 25.9 Å². The first kappa shape index (κ1) is 30.3. The first-order chi connectivity index (χ1) is 18.1. The maximum absolute atomic E-state index is 12.6. The Morgan fingerprint density at radius 1 is 1.08 bits per heavy atom. The number of esters is 1. The minimum Gasteiger partial charge on any atom is -0.476 e. The fraction of sp³-hybridized carbons (Fsp3) is 0.429. The third-order valence-corrected chi connectivity index (χ3v) is 5.34. The van der Waals surface area contributed by atoms with Crippen molar-refractivity contribution >= 4 is 17.8 Å². The maximum Gasteiger partial charge on any atom is 0.349 e. The van der Waals surface area contributed by atoms with E-state index >= 15 is 0 Å². The molecule has 38 heavy (non-hydrogen) atoms. The summed E-state index contributed by atoms with van der Waals surface area (Å²) in [5, 5.41) is 0. The normalized spacial score (nSPS) is 11.8. The van der Waals surface area contributed by atoms with E-state index in [1.807, 2.05) is 50.0 Å². The third-order valence-electron chi connectivity index (χ3n) is 5.34. The number of aryl methyl sites for hydroxylation is 2. The van der Waals surface area contributed by atoms with Crippen molar-refractivity contribution in [2.45, 2.75) is 66.7 Å². The highest BCUT2D eigenvalue weighted by molar-refractivity contribution is 5.83. The minimum atomic E-state index is -1.14. The molecule has 10 nitrogen and oxygen atoms in total. The van der Waals surface area contributed by atoms with Crippen LogP contribution in [0.5, 0.6) is 5.75 Å². The van der Waals surface area contributed by atoms with Crippen LogP contribution in [0.1, 0.15) is 56.7 Å². The molecule has 0 atom stereocenters. The number of carbonyl (C=O) groups is 3. The summed E-state index contributed by atoms with van der Waals surface area (Å²) in [5.74, 6) is -0.0831. The van der Waals surface area contributed by atoms with Crippen molar-refractivity contribution in [2.75, 3.05) is 13.2 Å². The molecule has 0 saturated carbocycles. The molecule has 2 rings (SSSR count). The van der Waals surface area contributed by atoms with Crippen LogP contribution in [0.3, 0.4) is 0 Å². The number of carbonyl (C=O) groups excluding carboxylic acids is 3. The van der Waals surface area contributed by atoms with Crippen LogP contribution in [0, 0.1) is 13.8 Å². The SMILES string of the molecule is C/C=C\C=C/CC(=O)NNC(=O)CN(Cc1cc(C)c(OC(C)(C)C(=O)OCC)c(C)c1)Cc1ncco1. The van der Waals surface area contributed by atoms with Crippen molar-refractivity contribution in [3.63, 3.8) is 0 Å². The van der Waals surface area contributed by atoms with Crippen LogP contribution in [0.4, 0.5) is 0 Å². The fourth-order valence-corrected chi connectivity index (χ4v) is 3.64. The van der Waals surface area contributed by atoms with Gasteiger partial charge in [0.25, 0.3) is 5.91 Å². The highest BCUT2D eigenvalue weighted by Gasteiger charge is 2.32. The Morgan fingerprint density at radius 3 is 2.37 bits per heavy atom. The van der Waals surface area contributed by atoms with Gasteiger partial charge >= 0.3 is 5.97 Å². The van der Waals surface area contributed by atoms with Crippen LogP contribution in [0.15, 0.2) is 53.3 Å². The topological polar surface area (TPSA) is 123 Å². The number of hydrogen-bond donors (Lipinski definition) is 2. The smallest absolute Gasteiger partial charge is 0.349 e. The second kappa shape index (κ2) is 14.7. The van der Waals surface area contributed by atoms with Gasteiger partial charge in [0, 0.05) is 13.0 Å². The van der Waals surface area contributed by atoms with Gasteiger partial charge < -0.3 is 13.9 Å². The lowest BCUT2D eigenvalue weighted by atomic mass is 10.0. The standard InChI is InChI=1S/C28H38N4O6/c1-7-9-10-11-12-23(33)30-31-24(34)18-32(19-25-29-13-14-37-25)17-22-15-20(3)26(21(4)16-22)38-28(5,6)27(35)36-8-2/h7,9-11,13-16H,8,12,17-19H2,1-6H3,(H,30,33)(H,31,34)/b9-7-,11-10-. The Bertz CT molecular complexity index is 1120. The number of nitrogens with one attached hydrogen (secondary N) is 2. The number of oxazole rings is 1.